The Balaban J connectivity index is 2.01. The van der Waals surface area contributed by atoms with Gasteiger partial charge in [-0.05, 0) is 36.2 Å². The second-order valence-corrected chi connectivity index (χ2v) is 7.33. The number of nitrogens with two attached hydrogens (primary N) is 1. The predicted octanol–water partition coefficient (Wildman–Crippen LogP) is 3.41. The van der Waals surface area contributed by atoms with Crippen LogP contribution in [-0.2, 0) is 6.42 Å². The van der Waals surface area contributed by atoms with Crippen LogP contribution in [-0.4, -0.2) is 15.8 Å². The highest BCUT2D eigenvalue weighted by molar-refractivity contribution is 5.17. The highest BCUT2D eigenvalue weighted by Crippen LogP contribution is 2.69. The third-order valence-electron chi connectivity index (χ3n) is 5.71. The predicted molar refractivity (Wildman–Crippen MR) is 80.0 cm³/mol. The Morgan fingerprint density at radius 3 is 2.37 bits per heavy atom. The van der Waals surface area contributed by atoms with E-state index in [1.807, 2.05) is 0 Å². The van der Waals surface area contributed by atoms with Crippen molar-refractivity contribution in [1.29, 1.82) is 0 Å². The zero-order valence-corrected chi connectivity index (χ0v) is 13.3. The van der Waals surface area contributed by atoms with Gasteiger partial charge in [0.05, 0.1) is 5.69 Å². The van der Waals surface area contributed by atoms with Crippen molar-refractivity contribution in [2.45, 2.75) is 66.5 Å². The fourth-order valence-corrected chi connectivity index (χ4v) is 3.60. The van der Waals surface area contributed by atoms with Gasteiger partial charge >= 0.3 is 0 Å². The molecule has 2 rings (SSSR count). The fraction of sp³-hybridized carbons (Fsp3) is 0.812. The third kappa shape index (κ3) is 2.33. The first-order chi connectivity index (χ1) is 8.71. The van der Waals surface area contributed by atoms with Crippen LogP contribution in [0.4, 0.5) is 0 Å². The van der Waals surface area contributed by atoms with Crippen LogP contribution < -0.4 is 5.73 Å². The molecule has 0 aromatic carbocycles. The largest absolute Gasteiger partial charge is 0.327 e. The summed E-state index contributed by atoms with van der Waals surface area (Å²) in [6.07, 6.45) is 4.08. The van der Waals surface area contributed by atoms with Gasteiger partial charge in [0.15, 0.2) is 0 Å². The van der Waals surface area contributed by atoms with Crippen molar-refractivity contribution in [2.75, 3.05) is 0 Å². The molecular formula is C16H29N3. The number of hydrogen-bond donors (Lipinski definition) is 1. The molecule has 0 amide bonds. The molecule has 1 heterocycles. The molecule has 2 N–H and O–H groups in total. The van der Waals surface area contributed by atoms with Crippen LogP contribution in [0.2, 0.25) is 0 Å². The maximum Gasteiger partial charge on any atom is 0.0640 e. The van der Waals surface area contributed by atoms with Gasteiger partial charge < -0.3 is 5.73 Å². The van der Waals surface area contributed by atoms with E-state index in [1.165, 1.54) is 0 Å². The van der Waals surface area contributed by atoms with Crippen molar-refractivity contribution in [1.82, 2.24) is 9.78 Å². The zero-order chi connectivity index (χ0) is 14.4. The van der Waals surface area contributed by atoms with E-state index in [9.17, 15) is 0 Å². The molecule has 3 nitrogen and oxygen atoms in total. The van der Waals surface area contributed by atoms with Crippen molar-refractivity contribution < 1.29 is 0 Å². The van der Waals surface area contributed by atoms with Crippen LogP contribution in [0.1, 0.15) is 59.7 Å². The summed E-state index contributed by atoms with van der Waals surface area (Å²) in [5, 5.41) is 4.66. The van der Waals surface area contributed by atoms with Crippen molar-refractivity contribution in [3.05, 3.63) is 18.0 Å². The molecule has 1 aliphatic rings. The Morgan fingerprint density at radius 2 is 1.89 bits per heavy atom. The quantitative estimate of drug-likeness (QED) is 0.884. The Bertz CT molecular complexity index is 431. The van der Waals surface area contributed by atoms with Gasteiger partial charge in [-0.15, -0.1) is 0 Å². The minimum atomic E-state index is 0.213. The maximum absolute atomic E-state index is 6.43. The van der Waals surface area contributed by atoms with Crippen LogP contribution in [0.3, 0.4) is 0 Å². The molecule has 1 aliphatic carbocycles. The highest BCUT2D eigenvalue weighted by atomic mass is 15.3. The minimum absolute atomic E-state index is 0.213. The number of aromatic nitrogens is 2. The lowest BCUT2D eigenvalue weighted by Gasteiger charge is -2.13. The molecule has 1 saturated carbocycles. The third-order valence-corrected chi connectivity index (χ3v) is 5.71. The molecule has 3 heteroatoms. The van der Waals surface area contributed by atoms with Crippen LogP contribution in [0.15, 0.2) is 12.3 Å². The van der Waals surface area contributed by atoms with Gasteiger partial charge in [-0.25, -0.2) is 0 Å². The SMILES string of the molecule is CCC(C)n1ccc(CC(N)C2C(C)(C)C2(C)C)n1. The van der Waals surface area contributed by atoms with E-state index in [4.69, 9.17) is 5.73 Å². The molecule has 1 aromatic heterocycles. The highest BCUT2D eigenvalue weighted by Gasteiger charge is 2.66. The standard InChI is InChI=1S/C16H29N3/c1-7-11(2)19-9-8-12(18-19)10-13(17)14-15(3,4)16(14,5)6/h8-9,11,13-14H,7,10,17H2,1-6H3. The van der Waals surface area contributed by atoms with E-state index in [1.54, 1.807) is 0 Å². The van der Waals surface area contributed by atoms with E-state index in [0.717, 1.165) is 18.5 Å². The Labute approximate surface area is 117 Å². The summed E-state index contributed by atoms with van der Waals surface area (Å²) < 4.78 is 2.06. The van der Waals surface area contributed by atoms with E-state index < -0.39 is 0 Å². The van der Waals surface area contributed by atoms with Crippen LogP contribution >= 0.6 is 0 Å². The summed E-state index contributed by atoms with van der Waals surface area (Å²) >= 11 is 0. The normalized spacial score (nSPS) is 24.2. The fourth-order valence-electron chi connectivity index (χ4n) is 3.60. The molecule has 1 aromatic rings. The van der Waals surface area contributed by atoms with Gasteiger partial charge in [0.2, 0.25) is 0 Å². The van der Waals surface area contributed by atoms with E-state index in [0.29, 0.717) is 22.8 Å². The molecule has 0 bridgehead atoms. The van der Waals surface area contributed by atoms with Gasteiger partial charge in [-0.1, -0.05) is 34.6 Å². The molecule has 0 radical (unpaired) electrons. The zero-order valence-electron chi connectivity index (χ0n) is 13.3. The number of nitrogens with zero attached hydrogens (tertiary/aromatic N) is 2. The van der Waals surface area contributed by atoms with Crippen LogP contribution in [0, 0.1) is 16.7 Å². The summed E-state index contributed by atoms with van der Waals surface area (Å²) in [4.78, 5) is 0. The molecule has 2 unspecified atom stereocenters. The molecular weight excluding hydrogens is 234 g/mol. The Kier molecular flexibility index (Phi) is 3.54. The minimum Gasteiger partial charge on any atom is -0.327 e. The lowest BCUT2D eigenvalue weighted by Crippen LogP contribution is -2.28. The average Bonchev–Trinajstić information content (AvgIpc) is 2.69. The molecule has 2 atom stereocenters. The molecule has 108 valence electrons. The first-order valence-corrected chi connectivity index (χ1v) is 7.51. The lowest BCUT2D eigenvalue weighted by molar-refractivity contribution is 0.454. The van der Waals surface area contributed by atoms with Gasteiger partial charge in [0.25, 0.3) is 0 Å². The van der Waals surface area contributed by atoms with Gasteiger partial charge in [0, 0.05) is 24.7 Å². The second-order valence-electron chi connectivity index (χ2n) is 7.33. The smallest absolute Gasteiger partial charge is 0.0640 e. The first kappa shape index (κ1) is 14.6. The Hall–Kier alpha value is -0.830. The summed E-state index contributed by atoms with van der Waals surface area (Å²) in [6.45, 7) is 13.7. The van der Waals surface area contributed by atoms with Crippen LogP contribution in [0.25, 0.3) is 0 Å². The van der Waals surface area contributed by atoms with Gasteiger partial charge in [-0.2, -0.15) is 5.10 Å². The molecule has 0 aliphatic heterocycles. The van der Waals surface area contributed by atoms with Crippen molar-refractivity contribution >= 4 is 0 Å². The van der Waals surface area contributed by atoms with Crippen LogP contribution in [0.5, 0.6) is 0 Å². The molecule has 1 fully saturated rings. The Morgan fingerprint density at radius 1 is 1.32 bits per heavy atom. The van der Waals surface area contributed by atoms with E-state index in [-0.39, 0.29) is 6.04 Å². The summed E-state index contributed by atoms with van der Waals surface area (Å²) in [5.74, 6) is 0.591. The van der Waals surface area contributed by atoms with Gasteiger partial charge in [0.1, 0.15) is 0 Å². The summed E-state index contributed by atoms with van der Waals surface area (Å²) in [5.41, 5.74) is 8.27. The maximum atomic E-state index is 6.43. The molecule has 0 saturated heterocycles. The topological polar surface area (TPSA) is 43.8 Å². The van der Waals surface area contributed by atoms with E-state index >= 15 is 0 Å². The average molecular weight is 263 g/mol. The first-order valence-electron chi connectivity index (χ1n) is 7.51. The molecule has 19 heavy (non-hydrogen) atoms. The summed E-state index contributed by atoms with van der Waals surface area (Å²) in [6, 6.07) is 2.80. The number of rotatable bonds is 5. The second kappa shape index (κ2) is 4.62. The monoisotopic (exact) mass is 263 g/mol. The molecule has 0 spiro atoms. The van der Waals surface area contributed by atoms with Crippen molar-refractivity contribution in [2.24, 2.45) is 22.5 Å². The summed E-state index contributed by atoms with van der Waals surface area (Å²) in [7, 11) is 0. The van der Waals surface area contributed by atoms with E-state index in [2.05, 4.69) is 63.6 Å². The number of hydrogen-bond acceptors (Lipinski definition) is 2. The van der Waals surface area contributed by atoms with Crippen molar-refractivity contribution in [3.8, 4) is 0 Å². The van der Waals surface area contributed by atoms with Crippen molar-refractivity contribution in [3.63, 3.8) is 0 Å². The van der Waals surface area contributed by atoms with Gasteiger partial charge in [-0.3, -0.25) is 4.68 Å². The lowest BCUT2D eigenvalue weighted by atomic mass is 10.0.